The monoisotopic (exact) mass is 402 g/mol. The SMILES string of the molecule is CC1c2cccn2CCN1CC(=O)Nc1ccccc1C(=O)NCc1ccccc1. The molecule has 2 N–H and O–H groups in total. The van der Waals surface area contributed by atoms with Gasteiger partial charge < -0.3 is 15.2 Å². The molecule has 0 fully saturated rings. The van der Waals surface area contributed by atoms with Crippen LogP contribution >= 0.6 is 0 Å². The number of hydrogen-bond donors (Lipinski definition) is 2. The molecule has 2 heterocycles. The first-order valence-electron chi connectivity index (χ1n) is 10.2. The Morgan fingerprint density at radius 3 is 2.57 bits per heavy atom. The molecular weight excluding hydrogens is 376 g/mol. The molecule has 1 aliphatic heterocycles. The highest BCUT2D eigenvalue weighted by atomic mass is 16.2. The Hall–Kier alpha value is -3.38. The minimum absolute atomic E-state index is 0.120. The maximum Gasteiger partial charge on any atom is 0.253 e. The summed E-state index contributed by atoms with van der Waals surface area (Å²) in [5, 5.41) is 5.85. The van der Waals surface area contributed by atoms with Gasteiger partial charge >= 0.3 is 0 Å². The lowest BCUT2D eigenvalue weighted by molar-refractivity contribution is -0.118. The second-order valence-electron chi connectivity index (χ2n) is 7.53. The zero-order valence-corrected chi connectivity index (χ0v) is 17.0. The van der Waals surface area contributed by atoms with Gasteiger partial charge in [0, 0.05) is 37.6 Å². The van der Waals surface area contributed by atoms with Gasteiger partial charge in [-0.3, -0.25) is 14.5 Å². The smallest absolute Gasteiger partial charge is 0.253 e. The molecule has 1 unspecified atom stereocenters. The quantitative estimate of drug-likeness (QED) is 0.664. The fraction of sp³-hybridized carbons (Fsp3) is 0.250. The van der Waals surface area contributed by atoms with Crippen LogP contribution in [0.1, 0.15) is 34.6 Å². The van der Waals surface area contributed by atoms with Crippen molar-refractivity contribution in [2.45, 2.75) is 26.1 Å². The number of nitrogens with one attached hydrogen (secondary N) is 2. The zero-order valence-electron chi connectivity index (χ0n) is 17.0. The largest absolute Gasteiger partial charge is 0.349 e. The van der Waals surface area contributed by atoms with E-state index in [2.05, 4.69) is 39.3 Å². The number of carbonyl (C=O) groups excluding carboxylic acids is 2. The van der Waals surface area contributed by atoms with Crippen LogP contribution in [-0.2, 0) is 17.9 Å². The molecule has 1 atom stereocenters. The molecule has 6 nitrogen and oxygen atoms in total. The second kappa shape index (κ2) is 8.97. The normalized spacial score (nSPS) is 16.0. The predicted octanol–water partition coefficient (Wildman–Crippen LogP) is 3.43. The van der Waals surface area contributed by atoms with E-state index < -0.39 is 0 Å². The maximum absolute atomic E-state index is 12.7. The summed E-state index contributed by atoms with van der Waals surface area (Å²) in [5.74, 6) is -0.330. The molecule has 0 spiro atoms. The van der Waals surface area contributed by atoms with Crippen molar-refractivity contribution in [3.8, 4) is 0 Å². The number of anilines is 1. The fourth-order valence-electron chi connectivity index (χ4n) is 3.88. The lowest BCUT2D eigenvalue weighted by atomic mass is 10.1. The van der Waals surface area contributed by atoms with Crippen molar-refractivity contribution < 1.29 is 9.59 Å². The third-order valence-corrected chi connectivity index (χ3v) is 5.56. The summed E-state index contributed by atoms with van der Waals surface area (Å²) < 4.78 is 2.23. The van der Waals surface area contributed by atoms with Gasteiger partial charge in [-0.1, -0.05) is 42.5 Å². The highest BCUT2D eigenvalue weighted by Gasteiger charge is 2.25. The van der Waals surface area contributed by atoms with Crippen molar-refractivity contribution >= 4 is 17.5 Å². The summed E-state index contributed by atoms with van der Waals surface area (Å²) in [7, 11) is 0. The van der Waals surface area contributed by atoms with Crippen molar-refractivity contribution in [1.29, 1.82) is 0 Å². The number of rotatable bonds is 6. The van der Waals surface area contributed by atoms with Crippen LogP contribution < -0.4 is 10.6 Å². The van der Waals surface area contributed by atoms with Gasteiger partial charge in [0.1, 0.15) is 0 Å². The van der Waals surface area contributed by atoms with E-state index in [9.17, 15) is 9.59 Å². The molecule has 3 aromatic rings. The number of carbonyl (C=O) groups is 2. The van der Waals surface area contributed by atoms with Crippen LogP contribution in [-0.4, -0.2) is 34.4 Å². The third-order valence-electron chi connectivity index (χ3n) is 5.56. The van der Waals surface area contributed by atoms with Crippen LogP contribution in [0.2, 0.25) is 0 Å². The molecule has 30 heavy (non-hydrogen) atoms. The Balaban J connectivity index is 1.39. The number of para-hydroxylation sites is 1. The third kappa shape index (κ3) is 4.44. The lowest BCUT2D eigenvalue weighted by Gasteiger charge is -2.34. The Morgan fingerprint density at radius 2 is 1.73 bits per heavy atom. The highest BCUT2D eigenvalue weighted by molar-refractivity contribution is 6.04. The van der Waals surface area contributed by atoms with Gasteiger partial charge in [0.05, 0.1) is 17.8 Å². The van der Waals surface area contributed by atoms with E-state index in [1.165, 1.54) is 5.69 Å². The first kappa shape index (κ1) is 19.9. The van der Waals surface area contributed by atoms with Gasteiger partial charge in [-0.2, -0.15) is 0 Å². The van der Waals surface area contributed by atoms with Crippen molar-refractivity contribution in [1.82, 2.24) is 14.8 Å². The Bertz CT molecular complexity index is 1030. The zero-order chi connectivity index (χ0) is 20.9. The van der Waals surface area contributed by atoms with Gasteiger partial charge in [-0.15, -0.1) is 0 Å². The summed E-state index contributed by atoms with van der Waals surface area (Å²) in [6.45, 7) is 4.52. The Labute approximate surface area is 176 Å². The van der Waals surface area contributed by atoms with E-state index in [0.29, 0.717) is 17.8 Å². The number of amides is 2. The predicted molar refractivity (Wildman–Crippen MR) is 117 cm³/mol. The van der Waals surface area contributed by atoms with Gasteiger partial charge in [-0.25, -0.2) is 0 Å². The van der Waals surface area contributed by atoms with Crippen LogP contribution in [0, 0.1) is 0 Å². The molecule has 1 aromatic heterocycles. The minimum atomic E-state index is -0.209. The number of nitrogens with zero attached hydrogens (tertiary/aromatic N) is 2. The minimum Gasteiger partial charge on any atom is -0.349 e. The van der Waals surface area contributed by atoms with E-state index in [-0.39, 0.29) is 24.4 Å². The topological polar surface area (TPSA) is 66.4 Å². The summed E-state index contributed by atoms with van der Waals surface area (Å²) in [4.78, 5) is 27.6. The van der Waals surface area contributed by atoms with Crippen molar-refractivity contribution in [3.05, 3.63) is 89.7 Å². The van der Waals surface area contributed by atoms with Crippen LogP contribution in [0.4, 0.5) is 5.69 Å². The summed E-state index contributed by atoms with van der Waals surface area (Å²) >= 11 is 0. The highest BCUT2D eigenvalue weighted by Crippen LogP contribution is 2.25. The number of fused-ring (bicyclic) bond motifs is 1. The van der Waals surface area contributed by atoms with E-state index >= 15 is 0 Å². The average Bonchev–Trinajstić information content (AvgIpc) is 3.25. The summed E-state index contributed by atoms with van der Waals surface area (Å²) in [6.07, 6.45) is 2.08. The van der Waals surface area contributed by atoms with Crippen LogP contribution in [0.5, 0.6) is 0 Å². The fourth-order valence-corrected chi connectivity index (χ4v) is 3.88. The molecule has 2 aromatic carbocycles. The number of benzene rings is 2. The standard InChI is InChI=1S/C24H26N4O2/c1-18-22-12-7-13-27(22)14-15-28(18)17-23(29)26-21-11-6-5-10-20(21)24(30)25-16-19-8-3-2-4-9-19/h2-13,18H,14-17H2,1H3,(H,25,30)(H,26,29). The molecule has 0 radical (unpaired) electrons. The average molecular weight is 402 g/mol. The van der Waals surface area contributed by atoms with E-state index in [4.69, 9.17) is 0 Å². The van der Waals surface area contributed by atoms with Crippen LogP contribution in [0.15, 0.2) is 72.9 Å². The molecule has 0 saturated heterocycles. The number of hydrogen-bond acceptors (Lipinski definition) is 3. The van der Waals surface area contributed by atoms with Crippen molar-refractivity contribution in [2.24, 2.45) is 0 Å². The van der Waals surface area contributed by atoms with Gasteiger partial charge in [-0.05, 0) is 36.8 Å². The Morgan fingerprint density at radius 1 is 0.967 bits per heavy atom. The molecule has 6 heteroatoms. The van der Waals surface area contributed by atoms with E-state index in [1.807, 2.05) is 42.5 Å². The summed E-state index contributed by atoms with van der Waals surface area (Å²) in [5.41, 5.74) is 3.23. The maximum atomic E-state index is 12.7. The molecule has 0 saturated carbocycles. The van der Waals surface area contributed by atoms with Gasteiger partial charge in [0.2, 0.25) is 5.91 Å². The van der Waals surface area contributed by atoms with Gasteiger partial charge in [0.15, 0.2) is 0 Å². The van der Waals surface area contributed by atoms with Crippen molar-refractivity contribution in [3.63, 3.8) is 0 Å². The molecule has 154 valence electrons. The second-order valence-corrected chi connectivity index (χ2v) is 7.53. The first-order valence-corrected chi connectivity index (χ1v) is 10.2. The molecule has 0 bridgehead atoms. The van der Waals surface area contributed by atoms with Crippen LogP contribution in [0.3, 0.4) is 0 Å². The van der Waals surface area contributed by atoms with Crippen molar-refractivity contribution in [2.75, 3.05) is 18.4 Å². The molecular formula is C24H26N4O2. The lowest BCUT2D eigenvalue weighted by Crippen LogP contribution is -2.41. The molecule has 1 aliphatic rings. The molecule has 0 aliphatic carbocycles. The molecule has 4 rings (SSSR count). The number of aromatic nitrogens is 1. The van der Waals surface area contributed by atoms with E-state index in [0.717, 1.165) is 18.7 Å². The molecule has 2 amide bonds. The van der Waals surface area contributed by atoms with Gasteiger partial charge in [0.25, 0.3) is 5.91 Å². The van der Waals surface area contributed by atoms with Crippen LogP contribution in [0.25, 0.3) is 0 Å². The summed E-state index contributed by atoms with van der Waals surface area (Å²) in [6, 6.07) is 21.2. The van der Waals surface area contributed by atoms with E-state index in [1.54, 1.807) is 18.2 Å². The Kier molecular flexibility index (Phi) is 5.95. The first-order chi connectivity index (χ1) is 14.6.